The Balaban J connectivity index is 1.08. The molecule has 2 amide bonds. The number of hydrogen-bond donors (Lipinski definition) is 0. The Morgan fingerprint density at radius 1 is 1.16 bits per heavy atom. The standard InChI is InChI=1S/C37H41FIN5O3P2/c1-4-15-42(35-28(24-45)7-5-6-14-39-35)23-27-8-12-32(38)31(21-27)36(47)41-18-16-40(17-19-41)34(46)13-11-29-9-10-30-22-33-25(2)20-26(3)43(33)37(48,49)44(29)30/h5,7-10,12,14-15,20-22,24,26H,1,6,11,13,16-19,23,48-49H2,2-3H3. The third kappa shape index (κ3) is 7.12. The second-order valence-corrected chi connectivity index (χ2v) is 17.5. The second kappa shape index (κ2) is 14.8. The van der Waals surface area contributed by atoms with Crippen molar-refractivity contribution in [2.45, 2.75) is 50.8 Å². The highest BCUT2D eigenvalue weighted by atomic mass is 127. The van der Waals surface area contributed by atoms with Crippen LogP contribution in [0.25, 0.3) is 6.08 Å². The Morgan fingerprint density at radius 3 is 2.65 bits per heavy atom. The fourth-order valence-electron chi connectivity index (χ4n) is 6.97. The van der Waals surface area contributed by atoms with Crippen LogP contribution in [-0.4, -0.2) is 78.5 Å². The number of halogens is 2. The van der Waals surface area contributed by atoms with Gasteiger partial charge in [-0.15, -0.1) is 5.73 Å². The molecule has 0 saturated carbocycles. The van der Waals surface area contributed by atoms with E-state index in [0.717, 1.165) is 33.4 Å². The minimum Gasteiger partial charge on any atom is -0.339 e. The third-order valence-electron chi connectivity index (χ3n) is 9.28. The molecule has 1 saturated heterocycles. The third-order valence-corrected chi connectivity index (χ3v) is 13.1. The van der Waals surface area contributed by atoms with Crippen LogP contribution in [0.15, 0.2) is 87.6 Å². The van der Waals surface area contributed by atoms with Gasteiger partial charge in [-0.2, -0.15) is 0 Å². The number of aldehydes is 1. The summed E-state index contributed by atoms with van der Waals surface area (Å²) in [5.41, 5.74) is 8.80. The van der Waals surface area contributed by atoms with Crippen LogP contribution < -0.4 is 0 Å². The predicted molar refractivity (Wildman–Crippen MR) is 208 cm³/mol. The zero-order valence-electron chi connectivity index (χ0n) is 27.7. The van der Waals surface area contributed by atoms with Gasteiger partial charge in [-0.25, -0.2) is 4.39 Å². The summed E-state index contributed by atoms with van der Waals surface area (Å²) in [4.78, 5) is 46.4. The summed E-state index contributed by atoms with van der Waals surface area (Å²) in [6.45, 7) is 9.83. The lowest BCUT2D eigenvalue weighted by atomic mass is 10.1. The number of benzene rings is 1. The monoisotopic (exact) mass is 811 g/mol. The molecule has 2 aromatic rings. The quantitative estimate of drug-likeness (QED) is 0.101. The molecule has 3 unspecified atom stereocenters. The average molecular weight is 812 g/mol. The summed E-state index contributed by atoms with van der Waals surface area (Å²) in [5.74, 6) is -0.940. The summed E-state index contributed by atoms with van der Waals surface area (Å²) in [6, 6.07) is 9.03. The predicted octanol–water partition coefficient (Wildman–Crippen LogP) is 6.11. The molecule has 1 fully saturated rings. The molecule has 1 aromatic heterocycles. The molecule has 4 aliphatic heterocycles. The summed E-state index contributed by atoms with van der Waals surface area (Å²) >= 11 is -0.554. The van der Waals surface area contributed by atoms with Crippen molar-refractivity contribution in [2.24, 2.45) is 0 Å². The van der Waals surface area contributed by atoms with Gasteiger partial charge in [0.15, 0.2) is 6.29 Å². The number of nitrogens with zero attached hydrogens (tertiary/aromatic N) is 5. The van der Waals surface area contributed by atoms with Crippen molar-refractivity contribution in [1.29, 1.82) is 0 Å². The molecule has 49 heavy (non-hydrogen) atoms. The first-order valence-corrected chi connectivity index (χ1v) is 19.8. The zero-order chi connectivity index (χ0) is 34.9. The molecule has 6 rings (SSSR count). The van der Waals surface area contributed by atoms with Crippen molar-refractivity contribution in [3.05, 3.63) is 116 Å². The number of rotatable bonds is 9. The lowest BCUT2D eigenvalue weighted by Crippen LogP contribution is -2.50. The van der Waals surface area contributed by atoms with Crippen LogP contribution in [-0.2, 0) is 27.7 Å². The second-order valence-electron chi connectivity index (χ2n) is 12.6. The SMILES string of the molecule is C=C=CN(Cc1ccc(F)c(C(=O)N2CCN(C(=O)CCc3ccc4n3C(P)(P)N3C(=C4)C(C)=CC3C)CC2)c1)C1=C(C=O)C=CCC=I1. The first-order chi connectivity index (χ1) is 23.5. The number of aromatic nitrogens is 1. The van der Waals surface area contributed by atoms with Crippen molar-refractivity contribution >= 4 is 67.4 Å². The molecule has 256 valence electrons. The van der Waals surface area contributed by atoms with Crippen LogP contribution in [0.5, 0.6) is 0 Å². The molecule has 0 radical (unpaired) electrons. The van der Waals surface area contributed by atoms with Crippen LogP contribution in [0.4, 0.5) is 4.39 Å². The zero-order valence-corrected chi connectivity index (χ0v) is 32.2. The summed E-state index contributed by atoms with van der Waals surface area (Å²) in [6.07, 6.45) is 12.6. The van der Waals surface area contributed by atoms with Gasteiger partial charge in [0, 0.05) is 74.0 Å². The number of fused-ring (bicyclic) bond motifs is 2. The van der Waals surface area contributed by atoms with Gasteiger partial charge in [0.05, 0.1) is 9.27 Å². The minimum atomic E-state index is -0.588. The number of aryl methyl sites for hydroxylation is 1. The molecule has 0 spiro atoms. The van der Waals surface area contributed by atoms with E-state index in [2.05, 4.69) is 82.4 Å². The summed E-state index contributed by atoms with van der Waals surface area (Å²) < 4.78 is 20.4. The van der Waals surface area contributed by atoms with Gasteiger partial charge in [-0.1, -0.05) is 70.1 Å². The smallest absolute Gasteiger partial charge is 0.256 e. The van der Waals surface area contributed by atoms with E-state index in [1.165, 1.54) is 17.3 Å². The lowest BCUT2D eigenvalue weighted by molar-refractivity contribution is -0.132. The molecular weight excluding hydrogens is 770 g/mol. The molecule has 0 aliphatic carbocycles. The number of carbonyl (C=O) groups excluding carboxylic acids is 3. The van der Waals surface area contributed by atoms with Gasteiger partial charge < -0.3 is 24.2 Å². The van der Waals surface area contributed by atoms with Gasteiger partial charge in [0.2, 0.25) is 5.91 Å². The Hall–Kier alpha value is -3.42. The van der Waals surface area contributed by atoms with Crippen LogP contribution in [0.2, 0.25) is 0 Å². The topological polar surface area (TPSA) is 69.1 Å². The maximum Gasteiger partial charge on any atom is 0.256 e. The lowest BCUT2D eigenvalue weighted by Gasteiger charge is -2.46. The first-order valence-electron chi connectivity index (χ1n) is 16.3. The number of carbonyl (C=O) groups is 3. The highest BCUT2D eigenvalue weighted by Gasteiger charge is 2.42. The van der Waals surface area contributed by atoms with E-state index in [0.29, 0.717) is 51.1 Å². The van der Waals surface area contributed by atoms with Crippen LogP contribution in [0, 0.1) is 5.82 Å². The van der Waals surface area contributed by atoms with Crippen molar-refractivity contribution in [2.75, 3.05) is 26.2 Å². The minimum absolute atomic E-state index is 0.00213. The normalized spacial score (nSPS) is 19.6. The Kier molecular flexibility index (Phi) is 10.7. The van der Waals surface area contributed by atoms with Crippen molar-refractivity contribution in [3.8, 4) is 0 Å². The molecule has 3 atom stereocenters. The molecule has 0 N–H and O–H groups in total. The Labute approximate surface area is 301 Å². The number of piperazine rings is 1. The van der Waals surface area contributed by atoms with E-state index in [-0.39, 0.29) is 17.5 Å². The number of allylic oxidation sites excluding steroid dienone is 4. The van der Waals surface area contributed by atoms with Gasteiger partial charge in [-0.05, 0) is 72.2 Å². The molecule has 12 heteroatoms. The molecule has 5 heterocycles. The van der Waals surface area contributed by atoms with Crippen molar-refractivity contribution in [3.63, 3.8) is 0 Å². The highest BCUT2D eigenvalue weighted by Crippen LogP contribution is 2.50. The molecule has 8 nitrogen and oxygen atoms in total. The van der Waals surface area contributed by atoms with E-state index >= 15 is 4.39 Å². The van der Waals surface area contributed by atoms with Gasteiger partial charge >= 0.3 is 0 Å². The van der Waals surface area contributed by atoms with Gasteiger partial charge in [-0.3, -0.25) is 14.4 Å². The molecule has 0 bridgehead atoms. The number of amides is 2. The fourth-order valence-corrected chi connectivity index (χ4v) is 10.6. The fraction of sp³-hybridized carbons (Fsp3) is 0.324. The van der Waals surface area contributed by atoms with Crippen molar-refractivity contribution < 1.29 is 18.8 Å². The maximum atomic E-state index is 15.1. The van der Waals surface area contributed by atoms with E-state index in [1.807, 2.05) is 17.1 Å². The summed E-state index contributed by atoms with van der Waals surface area (Å²) in [5, 5.41) is -0.434. The molecular formula is C37H41FIN5O3P2. The van der Waals surface area contributed by atoms with Crippen LogP contribution in [0.1, 0.15) is 54.0 Å². The van der Waals surface area contributed by atoms with E-state index in [4.69, 9.17) is 0 Å². The van der Waals surface area contributed by atoms with E-state index < -0.39 is 37.6 Å². The highest BCUT2D eigenvalue weighted by molar-refractivity contribution is 14.2. The van der Waals surface area contributed by atoms with E-state index in [9.17, 15) is 14.4 Å². The summed E-state index contributed by atoms with van der Waals surface area (Å²) in [7, 11) is 5.97. The van der Waals surface area contributed by atoms with Crippen LogP contribution >= 0.6 is 39.2 Å². The van der Waals surface area contributed by atoms with Crippen LogP contribution in [0.3, 0.4) is 0 Å². The molecule has 1 aromatic carbocycles. The van der Waals surface area contributed by atoms with E-state index in [1.54, 1.807) is 28.1 Å². The Bertz CT molecular complexity index is 1900. The largest absolute Gasteiger partial charge is 0.339 e. The number of hydrogen-bond acceptors (Lipinski definition) is 5. The first kappa shape index (κ1) is 35.4. The average Bonchev–Trinajstić information content (AvgIpc) is 3.53. The maximum absolute atomic E-state index is 15.1. The van der Waals surface area contributed by atoms with Gasteiger partial charge in [0.1, 0.15) is 11.0 Å². The Morgan fingerprint density at radius 2 is 1.92 bits per heavy atom. The molecule has 4 aliphatic rings. The van der Waals surface area contributed by atoms with Gasteiger partial charge in [0.25, 0.3) is 5.91 Å². The van der Waals surface area contributed by atoms with Crippen molar-refractivity contribution in [1.82, 2.24) is 24.2 Å².